The second-order valence-corrected chi connectivity index (χ2v) is 9.03. The van der Waals surface area contributed by atoms with Gasteiger partial charge in [0.15, 0.2) is 0 Å². The van der Waals surface area contributed by atoms with Crippen molar-refractivity contribution in [1.82, 2.24) is 0 Å². The van der Waals surface area contributed by atoms with Gasteiger partial charge in [-0.05, 0) is 46.9 Å². The number of carbonyl (C=O) groups is 2. The zero-order valence-corrected chi connectivity index (χ0v) is 20.1. The van der Waals surface area contributed by atoms with Crippen LogP contribution in [-0.4, -0.2) is 11.9 Å². The Morgan fingerprint density at radius 2 is 0.938 bits per heavy atom. The van der Waals surface area contributed by atoms with Crippen LogP contribution in [0, 0.1) is 0 Å². The fraction of sp³-hybridized carbons (Fsp3) is 0.500. The van der Waals surface area contributed by atoms with E-state index in [4.69, 9.17) is 9.47 Å². The number of rotatable bonds is 13. The molecule has 2 aromatic carbocycles. The van der Waals surface area contributed by atoms with Crippen molar-refractivity contribution in [2.75, 3.05) is 0 Å². The van der Waals surface area contributed by atoms with Crippen molar-refractivity contribution in [2.45, 2.75) is 91.3 Å². The largest absolute Gasteiger partial charge is 0.461 e. The summed E-state index contributed by atoms with van der Waals surface area (Å²) in [4.78, 5) is 23.8. The molecule has 0 spiro atoms. The van der Waals surface area contributed by atoms with Gasteiger partial charge < -0.3 is 9.47 Å². The first kappa shape index (κ1) is 25.6. The molecule has 0 bridgehead atoms. The lowest BCUT2D eigenvalue weighted by Gasteiger charge is -2.08. The highest BCUT2D eigenvalue weighted by Crippen LogP contribution is 2.16. The summed E-state index contributed by atoms with van der Waals surface area (Å²) in [6, 6.07) is 16.4. The van der Waals surface area contributed by atoms with Crippen LogP contribution in [0.25, 0.3) is 0 Å². The lowest BCUT2D eigenvalue weighted by molar-refractivity contribution is -0.146. The van der Waals surface area contributed by atoms with Gasteiger partial charge in [0.1, 0.15) is 13.2 Å². The van der Waals surface area contributed by atoms with Crippen molar-refractivity contribution in [3.05, 3.63) is 70.8 Å². The Morgan fingerprint density at radius 1 is 0.594 bits per heavy atom. The van der Waals surface area contributed by atoms with Crippen LogP contribution in [0.2, 0.25) is 0 Å². The summed E-state index contributed by atoms with van der Waals surface area (Å²) in [6.45, 7) is 9.27. The van der Waals surface area contributed by atoms with Gasteiger partial charge in [0.2, 0.25) is 0 Å². The number of ether oxygens (including phenoxy) is 2. The van der Waals surface area contributed by atoms with Gasteiger partial charge in [-0.25, -0.2) is 0 Å². The zero-order valence-electron chi connectivity index (χ0n) is 20.1. The van der Waals surface area contributed by atoms with E-state index in [1.807, 2.05) is 24.3 Å². The molecule has 2 aromatic rings. The van der Waals surface area contributed by atoms with Gasteiger partial charge in [0.05, 0.1) is 0 Å². The van der Waals surface area contributed by atoms with Gasteiger partial charge in [-0.3, -0.25) is 9.59 Å². The Bertz CT molecular complexity index is 748. The lowest BCUT2D eigenvalue weighted by Crippen LogP contribution is -2.05. The van der Waals surface area contributed by atoms with Crippen LogP contribution >= 0.6 is 0 Å². The van der Waals surface area contributed by atoms with Crippen LogP contribution in [0.5, 0.6) is 0 Å². The number of hydrogen-bond donors (Lipinski definition) is 0. The normalized spacial score (nSPS) is 11.1. The van der Waals surface area contributed by atoms with Crippen molar-refractivity contribution < 1.29 is 19.1 Å². The third kappa shape index (κ3) is 9.67. The first-order valence-electron chi connectivity index (χ1n) is 11.8. The molecule has 0 aromatic heterocycles. The standard InChI is InChI=1S/C28H38O4/c1-21(2)25-15-11-23(12-16-25)19-31-27(29)9-7-5-6-8-10-28(30)32-20-24-13-17-26(18-14-24)22(3)4/h11-18,21-22H,5-10,19-20H2,1-4H3. The summed E-state index contributed by atoms with van der Waals surface area (Å²) < 4.78 is 10.7. The highest BCUT2D eigenvalue weighted by Gasteiger charge is 2.07. The molecular formula is C28H38O4. The van der Waals surface area contributed by atoms with Gasteiger partial charge in [-0.2, -0.15) is 0 Å². The summed E-state index contributed by atoms with van der Waals surface area (Å²) in [6.07, 6.45) is 4.21. The predicted octanol–water partition coefficient (Wildman–Crippen LogP) is 7.06. The van der Waals surface area contributed by atoms with E-state index in [0.717, 1.165) is 36.8 Å². The van der Waals surface area contributed by atoms with E-state index in [1.165, 1.54) is 11.1 Å². The van der Waals surface area contributed by atoms with Crippen LogP contribution in [0.15, 0.2) is 48.5 Å². The molecule has 0 radical (unpaired) electrons. The number of benzene rings is 2. The Balaban J connectivity index is 1.50. The van der Waals surface area contributed by atoms with Crippen LogP contribution in [0.3, 0.4) is 0 Å². The van der Waals surface area contributed by atoms with E-state index >= 15 is 0 Å². The molecule has 0 heterocycles. The van der Waals surface area contributed by atoms with Crippen molar-refractivity contribution in [2.24, 2.45) is 0 Å². The van der Waals surface area contributed by atoms with E-state index < -0.39 is 0 Å². The van der Waals surface area contributed by atoms with E-state index in [9.17, 15) is 9.59 Å². The maximum absolute atomic E-state index is 11.9. The Labute approximate surface area is 193 Å². The summed E-state index contributed by atoms with van der Waals surface area (Å²) in [5, 5.41) is 0. The van der Waals surface area contributed by atoms with Gasteiger partial charge in [0.25, 0.3) is 0 Å². The topological polar surface area (TPSA) is 52.6 Å². The molecule has 0 unspecified atom stereocenters. The average Bonchev–Trinajstić information content (AvgIpc) is 2.79. The highest BCUT2D eigenvalue weighted by atomic mass is 16.5. The molecule has 0 aliphatic carbocycles. The Kier molecular flexibility index (Phi) is 11.0. The SMILES string of the molecule is CC(C)c1ccc(COC(=O)CCCCCCC(=O)OCc2ccc(C(C)C)cc2)cc1. The molecule has 0 fully saturated rings. The minimum absolute atomic E-state index is 0.166. The van der Waals surface area contributed by atoms with E-state index in [2.05, 4.69) is 52.0 Å². The highest BCUT2D eigenvalue weighted by molar-refractivity contribution is 5.69. The number of hydrogen-bond acceptors (Lipinski definition) is 4. The van der Waals surface area contributed by atoms with Gasteiger partial charge >= 0.3 is 11.9 Å². The van der Waals surface area contributed by atoms with Crippen molar-refractivity contribution >= 4 is 11.9 Å². The fourth-order valence-electron chi connectivity index (χ4n) is 3.36. The summed E-state index contributed by atoms with van der Waals surface area (Å²) >= 11 is 0. The Hall–Kier alpha value is -2.62. The molecule has 0 amide bonds. The van der Waals surface area contributed by atoms with Crippen LogP contribution in [0.1, 0.15) is 100 Å². The molecule has 0 N–H and O–H groups in total. The number of unbranched alkanes of at least 4 members (excludes halogenated alkanes) is 3. The second kappa shape index (κ2) is 13.7. The third-order valence-corrected chi connectivity index (χ3v) is 5.60. The number of carbonyl (C=O) groups excluding carboxylic acids is 2. The molecular weight excluding hydrogens is 400 g/mol. The van der Waals surface area contributed by atoms with Gasteiger partial charge in [-0.1, -0.05) is 89.1 Å². The molecule has 32 heavy (non-hydrogen) atoms. The molecule has 4 heteroatoms. The summed E-state index contributed by atoms with van der Waals surface area (Å²) in [5.74, 6) is 0.660. The molecule has 0 aliphatic rings. The molecule has 174 valence electrons. The Morgan fingerprint density at radius 3 is 1.25 bits per heavy atom. The van der Waals surface area contributed by atoms with Gasteiger partial charge in [-0.15, -0.1) is 0 Å². The quantitative estimate of drug-likeness (QED) is 0.248. The molecule has 2 rings (SSSR count). The minimum atomic E-state index is -0.166. The summed E-state index contributed by atoms with van der Waals surface area (Å²) in [7, 11) is 0. The smallest absolute Gasteiger partial charge is 0.306 e. The molecule has 4 nitrogen and oxygen atoms in total. The first-order valence-corrected chi connectivity index (χ1v) is 11.8. The van der Waals surface area contributed by atoms with E-state index in [1.54, 1.807) is 0 Å². The van der Waals surface area contributed by atoms with Crippen LogP contribution < -0.4 is 0 Å². The minimum Gasteiger partial charge on any atom is -0.461 e. The molecule has 0 saturated heterocycles. The lowest BCUT2D eigenvalue weighted by atomic mass is 10.0. The number of esters is 2. The molecule has 0 atom stereocenters. The maximum atomic E-state index is 11.9. The van der Waals surface area contributed by atoms with Crippen molar-refractivity contribution in [3.8, 4) is 0 Å². The first-order chi connectivity index (χ1) is 15.3. The third-order valence-electron chi connectivity index (χ3n) is 5.60. The maximum Gasteiger partial charge on any atom is 0.306 e. The average molecular weight is 439 g/mol. The fourth-order valence-corrected chi connectivity index (χ4v) is 3.36. The van der Waals surface area contributed by atoms with Crippen LogP contribution in [0.4, 0.5) is 0 Å². The second-order valence-electron chi connectivity index (χ2n) is 9.03. The van der Waals surface area contributed by atoms with Crippen molar-refractivity contribution in [3.63, 3.8) is 0 Å². The summed E-state index contributed by atoms with van der Waals surface area (Å²) in [5.41, 5.74) is 4.59. The van der Waals surface area contributed by atoms with E-state index in [0.29, 0.717) is 37.9 Å². The van der Waals surface area contributed by atoms with Crippen LogP contribution in [-0.2, 0) is 32.3 Å². The predicted molar refractivity (Wildman–Crippen MR) is 128 cm³/mol. The zero-order chi connectivity index (χ0) is 23.3. The van der Waals surface area contributed by atoms with Crippen molar-refractivity contribution in [1.29, 1.82) is 0 Å². The monoisotopic (exact) mass is 438 g/mol. The van der Waals surface area contributed by atoms with E-state index in [-0.39, 0.29) is 11.9 Å². The molecule has 0 aliphatic heterocycles. The molecule has 0 saturated carbocycles. The van der Waals surface area contributed by atoms with Gasteiger partial charge in [0, 0.05) is 12.8 Å².